The van der Waals surface area contributed by atoms with E-state index in [0.29, 0.717) is 5.75 Å². The molecule has 170 valence electrons. The Labute approximate surface area is 180 Å². The summed E-state index contributed by atoms with van der Waals surface area (Å²) >= 11 is 0. The summed E-state index contributed by atoms with van der Waals surface area (Å²) < 4.78 is 27.6. The summed E-state index contributed by atoms with van der Waals surface area (Å²) in [6.45, 7) is 6.48. The molecule has 0 bridgehead atoms. The van der Waals surface area contributed by atoms with Gasteiger partial charge in [0.2, 0.25) is 12.2 Å². The van der Waals surface area contributed by atoms with Crippen LogP contribution in [0.3, 0.4) is 0 Å². The van der Waals surface area contributed by atoms with Crippen LogP contribution in [-0.2, 0) is 38.1 Å². The Morgan fingerprint density at radius 3 is 2.00 bits per heavy atom. The number of hydrogen-bond acceptors (Lipinski definition) is 9. The second kappa shape index (κ2) is 10.8. The fourth-order valence-corrected chi connectivity index (χ4v) is 3.14. The SMILES string of the molecule is CC(=O)N[C@H]1[C@@H](Oc2ccc(C)cc2)O[C@H](COC(C)=O)[C@H](OC(C)=O)[C@@H]1OC(C)=O. The van der Waals surface area contributed by atoms with Crippen molar-refractivity contribution in [3.05, 3.63) is 29.8 Å². The largest absolute Gasteiger partial charge is 0.463 e. The Morgan fingerprint density at radius 2 is 1.48 bits per heavy atom. The van der Waals surface area contributed by atoms with Crippen molar-refractivity contribution in [3.63, 3.8) is 0 Å². The molecule has 0 saturated carbocycles. The minimum absolute atomic E-state index is 0.286. The van der Waals surface area contributed by atoms with Gasteiger partial charge in [0.15, 0.2) is 12.2 Å². The van der Waals surface area contributed by atoms with Crippen molar-refractivity contribution in [1.29, 1.82) is 0 Å². The third kappa shape index (κ3) is 7.25. The fourth-order valence-electron chi connectivity index (χ4n) is 3.14. The number of carbonyl (C=O) groups is 4. The smallest absolute Gasteiger partial charge is 0.303 e. The number of esters is 3. The van der Waals surface area contributed by atoms with Gasteiger partial charge >= 0.3 is 17.9 Å². The molecule has 0 radical (unpaired) electrons. The highest BCUT2D eigenvalue weighted by molar-refractivity contribution is 5.73. The Bertz CT molecular complexity index is 808. The van der Waals surface area contributed by atoms with Gasteiger partial charge in [-0.15, -0.1) is 0 Å². The van der Waals surface area contributed by atoms with Crippen LogP contribution in [0.5, 0.6) is 5.75 Å². The van der Waals surface area contributed by atoms with Crippen LogP contribution in [0.2, 0.25) is 0 Å². The molecule has 1 aliphatic rings. The number of carbonyl (C=O) groups excluding carboxylic acids is 4. The summed E-state index contributed by atoms with van der Waals surface area (Å²) in [4.78, 5) is 46.7. The van der Waals surface area contributed by atoms with Crippen molar-refractivity contribution in [3.8, 4) is 5.75 Å². The molecule has 0 spiro atoms. The first-order valence-corrected chi connectivity index (χ1v) is 9.70. The maximum atomic E-state index is 11.9. The van der Waals surface area contributed by atoms with E-state index >= 15 is 0 Å². The maximum Gasteiger partial charge on any atom is 0.303 e. The van der Waals surface area contributed by atoms with Crippen LogP contribution in [0.15, 0.2) is 24.3 Å². The first-order chi connectivity index (χ1) is 14.6. The lowest BCUT2D eigenvalue weighted by Crippen LogP contribution is -2.67. The van der Waals surface area contributed by atoms with Gasteiger partial charge in [0.05, 0.1) is 0 Å². The Morgan fingerprint density at radius 1 is 0.903 bits per heavy atom. The third-order valence-electron chi connectivity index (χ3n) is 4.34. The van der Waals surface area contributed by atoms with Crippen LogP contribution >= 0.6 is 0 Å². The van der Waals surface area contributed by atoms with E-state index < -0.39 is 54.5 Å². The number of ether oxygens (including phenoxy) is 5. The number of hydrogen-bond donors (Lipinski definition) is 1. The predicted molar refractivity (Wildman–Crippen MR) is 106 cm³/mol. The van der Waals surface area contributed by atoms with E-state index in [9.17, 15) is 19.2 Å². The molecule has 1 aromatic rings. The lowest BCUT2D eigenvalue weighted by molar-refractivity contribution is -0.257. The molecule has 10 heteroatoms. The average Bonchev–Trinajstić information content (AvgIpc) is 2.65. The number of benzene rings is 1. The molecule has 0 aromatic heterocycles. The molecule has 0 aliphatic carbocycles. The van der Waals surface area contributed by atoms with Crippen LogP contribution in [0.1, 0.15) is 33.3 Å². The number of nitrogens with one attached hydrogen (secondary N) is 1. The predicted octanol–water partition coefficient (Wildman–Crippen LogP) is 1.03. The molecule has 31 heavy (non-hydrogen) atoms. The zero-order valence-corrected chi connectivity index (χ0v) is 18.1. The maximum absolute atomic E-state index is 11.9. The zero-order valence-electron chi connectivity index (χ0n) is 18.1. The van der Waals surface area contributed by atoms with E-state index in [1.165, 1.54) is 27.7 Å². The zero-order chi connectivity index (χ0) is 23.1. The first kappa shape index (κ1) is 24.1. The second-order valence-corrected chi connectivity index (χ2v) is 7.15. The van der Waals surface area contributed by atoms with Crippen molar-refractivity contribution < 1.29 is 42.9 Å². The summed E-state index contributed by atoms with van der Waals surface area (Å²) in [6.07, 6.45) is -4.47. The molecule has 0 unspecified atom stereocenters. The third-order valence-corrected chi connectivity index (χ3v) is 4.34. The molecule has 1 amide bonds. The van der Waals surface area contributed by atoms with Crippen molar-refractivity contribution >= 4 is 23.8 Å². The van der Waals surface area contributed by atoms with E-state index in [1.54, 1.807) is 12.1 Å². The Kier molecular flexibility index (Phi) is 8.38. The van der Waals surface area contributed by atoms with Crippen molar-refractivity contribution in [2.75, 3.05) is 6.61 Å². The highest BCUT2D eigenvalue weighted by Crippen LogP contribution is 2.29. The Hall–Kier alpha value is -3.14. The second-order valence-electron chi connectivity index (χ2n) is 7.15. The first-order valence-electron chi connectivity index (χ1n) is 9.70. The number of aryl methyl sites for hydroxylation is 1. The molecule has 1 aromatic carbocycles. The minimum atomic E-state index is -1.16. The molecule has 1 aliphatic heterocycles. The molecular weight excluding hydrogens is 410 g/mol. The molecule has 1 fully saturated rings. The summed E-state index contributed by atoms with van der Waals surface area (Å²) in [6, 6.07) is 6.06. The molecule has 10 nitrogen and oxygen atoms in total. The van der Waals surface area contributed by atoms with Gasteiger partial charge < -0.3 is 29.0 Å². The van der Waals surface area contributed by atoms with Crippen LogP contribution in [0.25, 0.3) is 0 Å². The van der Waals surface area contributed by atoms with E-state index in [-0.39, 0.29) is 6.61 Å². The average molecular weight is 437 g/mol. The van der Waals surface area contributed by atoms with Crippen molar-refractivity contribution in [2.45, 2.75) is 65.3 Å². The molecule has 2 rings (SSSR count). The van der Waals surface area contributed by atoms with Crippen LogP contribution < -0.4 is 10.1 Å². The van der Waals surface area contributed by atoms with Crippen molar-refractivity contribution in [2.24, 2.45) is 0 Å². The van der Waals surface area contributed by atoms with Gasteiger partial charge in [0, 0.05) is 27.7 Å². The van der Waals surface area contributed by atoms with Gasteiger partial charge in [0.25, 0.3) is 0 Å². The lowest BCUT2D eigenvalue weighted by Gasteiger charge is -2.44. The van der Waals surface area contributed by atoms with E-state index in [1.807, 2.05) is 19.1 Å². The van der Waals surface area contributed by atoms with Gasteiger partial charge in [-0.2, -0.15) is 0 Å². The number of rotatable bonds is 7. The molecule has 1 N–H and O–H groups in total. The van der Waals surface area contributed by atoms with Gasteiger partial charge in [-0.05, 0) is 19.1 Å². The monoisotopic (exact) mass is 437 g/mol. The van der Waals surface area contributed by atoms with Crippen LogP contribution in [0.4, 0.5) is 0 Å². The van der Waals surface area contributed by atoms with E-state index in [4.69, 9.17) is 23.7 Å². The highest BCUT2D eigenvalue weighted by atomic mass is 16.7. The Balaban J connectivity index is 2.43. The summed E-state index contributed by atoms with van der Waals surface area (Å²) in [5, 5.41) is 2.64. The van der Waals surface area contributed by atoms with Gasteiger partial charge in [-0.1, -0.05) is 17.7 Å². The van der Waals surface area contributed by atoms with Gasteiger partial charge in [-0.3, -0.25) is 19.2 Å². The molecule has 1 saturated heterocycles. The van der Waals surface area contributed by atoms with Crippen LogP contribution in [-0.4, -0.2) is 61.1 Å². The van der Waals surface area contributed by atoms with E-state index in [0.717, 1.165) is 5.56 Å². The topological polar surface area (TPSA) is 126 Å². The molecule has 5 atom stereocenters. The number of amides is 1. The highest BCUT2D eigenvalue weighted by Gasteiger charge is 2.51. The quantitative estimate of drug-likeness (QED) is 0.491. The fraction of sp³-hybridized carbons (Fsp3) is 0.524. The van der Waals surface area contributed by atoms with Crippen molar-refractivity contribution in [1.82, 2.24) is 5.32 Å². The molecular formula is C21H27NO9. The summed E-state index contributed by atoms with van der Waals surface area (Å²) in [5.41, 5.74) is 1.01. The van der Waals surface area contributed by atoms with E-state index in [2.05, 4.69) is 5.32 Å². The normalized spacial score (nSPS) is 25.1. The van der Waals surface area contributed by atoms with Gasteiger partial charge in [-0.25, -0.2) is 0 Å². The molecule has 1 heterocycles. The standard InChI is InChI=1S/C21H27NO9/c1-11-6-8-16(9-7-11)30-21-18(22-12(2)23)20(29-15(5)26)19(28-14(4)25)17(31-21)10-27-13(3)24/h6-9,17-21H,10H2,1-5H3,(H,22,23)/t17-,18-,19+,20-,21+/m1/s1. The summed E-state index contributed by atoms with van der Waals surface area (Å²) in [5.74, 6) is -1.92. The lowest BCUT2D eigenvalue weighted by atomic mass is 9.96. The minimum Gasteiger partial charge on any atom is -0.463 e. The van der Waals surface area contributed by atoms with Crippen LogP contribution in [0, 0.1) is 6.92 Å². The van der Waals surface area contributed by atoms with Gasteiger partial charge in [0.1, 0.15) is 24.5 Å². The summed E-state index contributed by atoms with van der Waals surface area (Å²) in [7, 11) is 0.